The molecule has 4 heteroatoms. The number of rotatable bonds is 5. The summed E-state index contributed by atoms with van der Waals surface area (Å²) in [5, 5.41) is 16.7. The zero-order valence-corrected chi connectivity index (χ0v) is 10.6. The van der Waals surface area contributed by atoms with Crippen molar-refractivity contribution in [2.24, 2.45) is 5.92 Å². The third kappa shape index (κ3) is 3.54. The van der Waals surface area contributed by atoms with Gasteiger partial charge >= 0.3 is 0 Å². The van der Waals surface area contributed by atoms with Crippen molar-refractivity contribution in [3.8, 4) is 0 Å². The van der Waals surface area contributed by atoms with Crippen LogP contribution in [0.4, 0.5) is 0 Å². The molecule has 0 radical (unpaired) electrons. The van der Waals surface area contributed by atoms with Gasteiger partial charge in [-0.05, 0) is 18.8 Å². The van der Waals surface area contributed by atoms with E-state index in [1.807, 2.05) is 12.4 Å². The lowest BCUT2D eigenvalue weighted by molar-refractivity contribution is 0.269. The topological polar surface area (TPSA) is 50.1 Å². The van der Waals surface area contributed by atoms with Gasteiger partial charge in [-0.2, -0.15) is 5.10 Å². The monoisotopic (exact) mass is 237 g/mol. The summed E-state index contributed by atoms with van der Waals surface area (Å²) < 4.78 is 1.79. The highest BCUT2D eigenvalue weighted by molar-refractivity contribution is 5.03. The van der Waals surface area contributed by atoms with Gasteiger partial charge in [-0.1, -0.05) is 19.8 Å². The first-order valence-corrected chi connectivity index (χ1v) is 6.65. The summed E-state index contributed by atoms with van der Waals surface area (Å²) in [7, 11) is 0. The Hall–Kier alpha value is -0.870. The van der Waals surface area contributed by atoms with Crippen LogP contribution in [0.15, 0.2) is 12.4 Å². The van der Waals surface area contributed by atoms with Crippen molar-refractivity contribution in [3.63, 3.8) is 0 Å². The van der Waals surface area contributed by atoms with Crippen LogP contribution in [0, 0.1) is 5.92 Å². The Kier molecular flexibility index (Phi) is 4.57. The lowest BCUT2D eigenvalue weighted by Crippen LogP contribution is -2.36. The average molecular weight is 237 g/mol. The van der Waals surface area contributed by atoms with Gasteiger partial charge in [0.2, 0.25) is 0 Å². The Morgan fingerprint density at radius 3 is 3.06 bits per heavy atom. The molecule has 1 aromatic rings. The highest BCUT2D eigenvalue weighted by Gasteiger charge is 2.20. The molecule has 4 nitrogen and oxygen atoms in total. The van der Waals surface area contributed by atoms with E-state index < -0.39 is 0 Å². The number of aliphatic hydroxyl groups excluding tert-OH is 1. The summed E-state index contributed by atoms with van der Waals surface area (Å²) in [5.74, 6) is 0.788. The number of nitrogens with one attached hydrogen (secondary N) is 1. The molecule has 0 spiro atoms. The van der Waals surface area contributed by atoms with Crippen LogP contribution >= 0.6 is 0 Å². The normalized spacial score (nSPS) is 25.1. The van der Waals surface area contributed by atoms with Crippen LogP contribution in [0.1, 0.15) is 38.2 Å². The maximum absolute atomic E-state index is 8.82. The fraction of sp³-hybridized carbons (Fsp3) is 0.769. The molecule has 0 bridgehead atoms. The maximum atomic E-state index is 8.82. The van der Waals surface area contributed by atoms with E-state index in [2.05, 4.69) is 17.3 Å². The van der Waals surface area contributed by atoms with Gasteiger partial charge in [0.15, 0.2) is 0 Å². The quantitative estimate of drug-likeness (QED) is 0.817. The van der Waals surface area contributed by atoms with Crippen LogP contribution in [0.25, 0.3) is 0 Å². The summed E-state index contributed by atoms with van der Waals surface area (Å²) in [6, 6.07) is 0.657. The molecule has 1 saturated carbocycles. The van der Waals surface area contributed by atoms with Gasteiger partial charge < -0.3 is 10.4 Å². The summed E-state index contributed by atoms with van der Waals surface area (Å²) in [6.45, 7) is 3.96. The van der Waals surface area contributed by atoms with Crippen LogP contribution in [0.3, 0.4) is 0 Å². The SMILES string of the molecule is CC1CCCCC1NCc1cnn(CCO)c1. The Balaban J connectivity index is 1.79. The third-order valence-corrected chi connectivity index (χ3v) is 3.70. The molecule has 1 aromatic heterocycles. The molecule has 1 fully saturated rings. The van der Waals surface area contributed by atoms with Crippen molar-refractivity contribution in [3.05, 3.63) is 18.0 Å². The van der Waals surface area contributed by atoms with E-state index in [0.29, 0.717) is 12.6 Å². The van der Waals surface area contributed by atoms with E-state index in [-0.39, 0.29) is 6.61 Å². The second-order valence-electron chi connectivity index (χ2n) is 5.08. The molecule has 96 valence electrons. The summed E-state index contributed by atoms with van der Waals surface area (Å²) in [4.78, 5) is 0. The first-order valence-electron chi connectivity index (χ1n) is 6.65. The molecule has 2 N–H and O–H groups in total. The minimum atomic E-state index is 0.147. The van der Waals surface area contributed by atoms with Gasteiger partial charge in [0.1, 0.15) is 0 Å². The lowest BCUT2D eigenvalue weighted by Gasteiger charge is -2.29. The van der Waals surface area contributed by atoms with Gasteiger partial charge in [0.25, 0.3) is 0 Å². The Morgan fingerprint density at radius 2 is 2.29 bits per heavy atom. The van der Waals surface area contributed by atoms with Crippen molar-refractivity contribution in [2.45, 2.75) is 51.7 Å². The fourth-order valence-corrected chi connectivity index (χ4v) is 2.59. The molecule has 0 saturated heterocycles. The highest BCUT2D eigenvalue weighted by Crippen LogP contribution is 2.23. The molecule has 0 aliphatic heterocycles. The second-order valence-corrected chi connectivity index (χ2v) is 5.08. The van der Waals surface area contributed by atoms with Crippen molar-refractivity contribution in [1.29, 1.82) is 0 Å². The minimum absolute atomic E-state index is 0.147. The van der Waals surface area contributed by atoms with Crippen molar-refractivity contribution >= 4 is 0 Å². The molecule has 17 heavy (non-hydrogen) atoms. The zero-order valence-electron chi connectivity index (χ0n) is 10.6. The molecular formula is C13H23N3O. The molecular weight excluding hydrogens is 214 g/mol. The average Bonchev–Trinajstić information content (AvgIpc) is 2.76. The van der Waals surface area contributed by atoms with Crippen LogP contribution in [0.2, 0.25) is 0 Å². The van der Waals surface area contributed by atoms with Gasteiger partial charge in [-0.25, -0.2) is 0 Å². The number of nitrogens with zero attached hydrogens (tertiary/aromatic N) is 2. The highest BCUT2D eigenvalue weighted by atomic mass is 16.3. The first kappa shape index (κ1) is 12.6. The van der Waals surface area contributed by atoms with Crippen LogP contribution in [-0.4, -0.2) is 27.5 Å². The van der Waals surface area contributed by atoms with E-state index in [4.69, 9.17) is 5.11 Å². The summed E-state index contributed by atoms with van der Waals surface area (Å²) in [6.07, 6.45) is 9.28. The molecule has 1 heterocycles. The van der Waals surface area contributed by atoms with E-state index in [1.165, 1.54) is 31.2 Å². The van der Waals surface area contributed by atoms with Crippen molar-refractivity contribution in [2.75, 3.05) is 6.61 Å². The van der Waals surface area contributed by atoms with E-state index in [0.717, 1.165) is 12.5 Å². The van der Waals surface area contributed by atoms with Crippen LogP contribution in [0.5, 0.6) is 0 Å². The maximum Gasteiger partial charge on any atom is 0.0640 e. The molecule has 1 aliphatic carbocycles. The number of aromatic nitrogens is 2. The van der Waals surface area contributed by atoms with E-state index >= 15 is 0 Å². The molecule has 2 unspecified atom stereocenters. The molecule has 1 aliphatic rings. The largest absolute Gasteiger partial charge is 0.394 e. The smallest absolute Gasteiger partial charge is 0.0640 e. The summed E-state index contributed by atoms with van der Waals surface area (Å²) in [5.41, 5.74) is 1.20. The van der Waals surface area contributed by atoms with Gasteiger partial charge in [-0.15, -0.1) is 0 Å². The predicted octanol–water partition coefficient (Wildman–Crippen LogP) is 1.54. The summed E-state index contributed by atoms with van der Waals surface area (Å²) >= 11 is 0. The standard InChI is InChI=1S/C13H23N3O/c1-11-4-2-3-5-13(11)14-8-12-9-15-16(10-12)6-7-17/h9-11,13-14,17H,2-8H2,1H3. The Bertz CT molecular complexity index is 337. The first-order chi connectivity index (χ1) is 8.29. The van der Waals surface area contributed by atoms with Crippen molar-refractivity contribution < 1.29 is 5.11 Å². The van der Waals surface area contributed by atoms with E-state index in [9.17, 15) is 0 Å². The Labute approximate surface area is 103 Å². The molecule has 2 atom stereocenters. The zero-order chi connectivity index (χ0) is 12.1. The number of hydrogen-bond donors (Lipinski definition) is 2. The van der Waals surface area contributed by atoms with Gasteiger partial charge in [0, 0.05) is 24.3 Å². The van der Waals surface area contributed by atoms with Crippen LogP contribution in [-0.2, 0) is 13.1 Å². The number of aliphatic hydroxyl groups is 1. The predicted molar refractivity (Wildman–Crippen MR) is 67.6 cm³/mol. The lowest BCUT2D eigenvalue weighted by atomic mass is 9.86. The molecule has 0 aromatic carbocycles. The van der Waals surface area contributed by atoms with E-state index in [1.54, 1.807) is 4.68 Å². The second kappa shape index (κ2) is 6.17. The number of hydrogen-bond acceptors (Lipinski definition) is 3. The minimum Gasteiger partial charge on any atom is -0.394 e. The fourth-order valence-electron chi connectivity index (χ4n) is 2.59. The third-order valence-electron chi connectivity index (χ3n) is 3.70. The van der Waals surface area contributed by atoms with Crippen molar-refractivity contribution in [1.82, 2.24) is 15.1 Å². The molecule has 2 rings (SSSR count). The van der Waals surface area contributed by atoms with Crippen LogP contribution < -0.4 is 5.32 Å². The molecule has 0 amide bonds. The van der Waals surface area contributed by atoms with Gasteiger partial charge in [-0.3, -0.25) is 4.68 Å². The Morgan fingerprint density at radius 1 is 1.47 bits per heavy atom. The van der Waals surface area contributed by atoms with Gasteiger partial charge in [0.05, 0.1) is 19.3 Å².